The van der Waals surface area contributed by atoms with Crippen LogP contribution < -0.4 is 21.1 Å². The lowest BCUT2D eigenvalue weighted by Gasteiger charge is -2.37. The van der Waals surface area contributed by atoms with E-state index in [0.29, 0.717) is 119 Å². The van der Waals surface area contributed by atoms with Gasteiger partial charge in [-0.15, -0.1) is 0 Å². The van der Waals surface area contributed by atoms with E-state index >= 15 is 22.0 Å². The molecule has 31 atom stereocenters. The molecule has 8 N–H and O–H groups in total. The van der Waals surface area contributed by atoms with Gasteiger partial charge >= 0.3 is 27.0 Å². The van der Waals surface area contributed by atoms with Crippen LogP contribution in [0.25, 0.3) is 67.0 Å². The molecule has 0 amide bonds. The molecule has 51 nitrogen and oxygen atoms in total. The molecule has 6 unspecified atom stereocenters. The average molecular weight is 2290 g/mol. The van der Waals surface area contributed by atoms with Crippen LogP contribution in [0.15, 0.2) is 106 Å². The Morgan fingerprint density at radius 2 is 0.811 bits per heavy atom. The maximum Gasteiger partial charge on any atom is 0.386 e. The first-order valence-electron chi connectivity index (χ1n) is 45.8. The number of allylic oxidation sites excluding steroid dienone is 3. The number of alkyl halides is 5. The van der Waals surface area contributed by atoms with E-state index in [2.05, 4.69) is 113 Å². The first kappa shape index (κ1) is 105. The van der Waals surface area contributed by atoms with Crippen molar-refractivity contribution in [3.05, 3.63) is 123 Å². The summed E-state index contributed by atoms with van der Waals surface area (Å²) in [4.78, 5) is 124. The first-order chi connectivity index (χ1) is 70.6. The summed E-state index contributed by atoms with van der Waals surface area (Å²) >= 11 is 31.4. The van der Waals surface area contributed by atoms with Crippen molar-refractivity contribution in [1.29, 1.82) is 0 Å². The van der Waals surface area contributed by atoms with Crippen LogP contribution in [0.5, 0.6) is 5.88 Å². The predicted molar refractivity (Wildman–Crippen MR) is 530 cm³/mol. The fourth-order valence-electron chi connectivity index (χ4n) is 19.6. The Morgan fingerprint density at radius 3 is 1.30 bits per heavy atom. The van der Waals surface area contributed by atoms with Crippen LogP contribution in [0.2, 0.25) is 0 Å². The van der Waals surface area contributed by atoms with Crippen molar-refractivity contribution in [3.8, 4) is 5.88 Å². The number of imidazole rings is 6. The molecule has 0 aromatic carbocycles. The third kappa shape index (κ3) is 20.2. The lowest BCUT2D eigenvalue weighted by molar-refractivity contribution is -0.214. The Labute approximate surface area is 864 Å². The number of nitrogens with two attached hydrogens (primary N) is 1. The third-order valence-corrected chi connectivity index (χ3v) is 36.8. The highest BCUT2D eigenvalue weighted by molar-refractivity contribution is 8.44. The molecule has 68 heteroatoms. The molecule has 1 spiro atoms. The summed E-state index contributed by atoms with van der Waals surface area (Å²) in [5.74, 6) is 0.790. The number of nitrogens with one attached hydrogen (secondary N) is 2. The van der Waals surface area contributed by atoms with Gasteiger partial charge in [-0.3, -0.25) is 50.0 Å². The van der Waals surface area contributed by atoms with Gasteiger partial charge in [0.05, 0.1) is 100 Å². The van der Waals surface area contributed by atoms with E-state index in [1.165, 1.54) is 92.8 Å². The molecule has 0 aliphatic carbocycles. The molecule has 16 aliphatic rings. The van der Waals surface area contributed by atoms with Crippen molar-refractivity contribution >= 4 is 196 Å². The number of anilines is 3. The largest absolute Gasteiger partial charge is 0.472 e. The topological polar surface area (TPSA) is 585 Å². The SMILES string of the molecule is C.CP1(=S)OC[C@H]2O[C@@H]3[C@H](F)[C@@H]2OP(O)(=S)OC[C@H]2O[C@H]([C@H](F)[C@@H]2O1)n1cnc2c(nc(N)nc21)OC/C=C/CCc1ncnc2c1ncn23.C[C@@H]1O[C@H]2[C@H]3O[C@@]14COP(O)(=S)O[C@H]1[C@@H](F)[C@@H](O[C@@H]1COP(O)(=S)O[C@@H]24)n1cnc2c(ncnc21)NC/C=C/CCc1ncnc2c1ncn23.O=P1(S)OC[C@H]2O[C@@H]3[C@H](F)[C@@H]2OP(O)(=S)CC[C@H]2O[C@H]([C@H](F)[C@@H]2O1)n1cnc2c(ncnc21)NC/C=C/CCc1ncnc2c1ncn23. The molecule has 16 aliphatic heterocycles. The van der Waals surface area contributed by atoms with E-state index in [4.69, 9.17) is 152 Å². The van der Waals surface area contributed by atoms with Crippen molar-refractivity contribution in [2.24, 2.45) is 0 Å². The zero-order valence-electron chi connectivity index (χ0n) is 76.3. The number of aryl methyl sites for hydroxylation is 3. The fourth-order valence-corrected chi connectivity index (χ4v) is 29.0. The van der Waals surface area contributed by atoms with Gasteiger partial charge in [0, 0.05) is 25.9 Å². The van der Waals surface area contributed by atoms with E-state index < -0.39 is 220 Å². The van der Waals surface area contributed by atoms with E-state index in [0.717, 1.165) is 5.69 Å². The quantitative estimate of drug-likeness (QED) is 0.0304. The number of nitrogen functional groups attached to an aromatic ring is 1. The van der Waals surface area contributed by atoms with Gasteiger partial charge < -0.3 is 101 Å². The van der Waals surface area contributed by atoms with Gasteiger partial charge in [0.25, 0.3) is 0 Å². The predicted octanol–water partition coefficient (Wildman–Crippen LogP) is 8.91. The summed E-state index contributed by atoms with van der Waals surface area (Å²) in [7, 11) is 0. The maximum absolute atomic E-state index is 16.4. The zero-order chi connectivity index (χ0) is 102. The molecule has 12 aromatic rings. The molecular weight excluding hydrogens is 2200 g/mol. The summed E-state index contributed by atoms with van der Waals surface area (Å²) in [6, 6.07) is 0. The summed E-state index contributed by atoms with van der Waals surface area (Å²) < 4.78 is 217. The number of hydrogen-bond donors (Lipinski definition) is 8. The Kier molecular flexibility index (Phi) is 29.4. The summed E-state index contributed by atoms with van der Waals surface area (Å²) in [6.07, 6.45) is -2.90. The molecule has 0 radical (unpaired) electrons. The minimum atomic E-state index is -4.31. The number of ether oxygens (including phenoxy) is 8. The number of aromatic nitrogens is 24. The van der Waals surface area contributed by atoms with Crippen LogP contribution in [-0.2, 0) is 166 Å². The molecule has 10 saturated heterocycles. The number of hydrogen-bond acceptors (Lipinski definition) is 46. The second-order valence-electron chi connectivity index (χ2n) is 35.7. The molecule has 12 aromatic heterocycles. The van der Waals surface area contributed by atoms with Gasteiger partial charge in [-0.25, -0.2) is 106 Å². The fraction of sp³-hybridized carbons (Fsp3) is 0.550. The molecule has 10 fully saturated rings. The second-order valence-corrected chi connectivity index (χ2v) is 54.6. The van der Waals surface area contributed by atoms with Crippen LogP contribution >= 0.6 is 52.2 Å². The normalized spacial score (nSPS) is 38.7. The molecule has 148 heavy (non-hydrogen) atoms. The van der Waals surface area contributed by atoms with Crippen molar-refractivity contribution in [2.75, 3.05) is 81.9 Å². The zero-order valence-corrected chi connectivity index (χ0v) is 86.7. The van der Waals surface area contributed by atoms with Crippen LogP contribution in [0.3, 0.4) is 0 Å². The first-order valence-corrected chi connectivity index (χ1v) is 62.3. The Hall–Kier alpha value is -7.68. The smallest absolute Gasteiger partial charge is 0.386 e. The van der Waals surface area contributed by atoms with Gasteiger partial charge in [0.2, 0.25) is 11.8 Å². The minimum absolute atomic E-state index is 0. The van der Waals surface area contributed by atoms with Gasteiger partial charge in [-0.2, -0.15) is 9.97 Å². The summed E-state index contributed by atoms with van der Waals surface area (Å²) in [5, 5.41) is 6.41. The van der Waals surface area contributed by atoms with E-state index in [1.54, 1.807) is 23.9 Å². The number of halogens is 5. The third-order valence-electron chi connectivity index (χ3n) is 26.5. The Morgan fingerprint density at radius 1 is 0.426 bits per heavy atom. The summed E-state index contributed by atoms with van der Waals surface area (Å²) in [5.41, 5.74) is 10.8. The highest BCUT2D eigenvalue weighted by atomic mass is 32.7. The van der Waals surface area contributed by atoms with Crippen molar-refractivity contribution < 1.29 is 134 Å². The molecule has 43 bridgehead atoms. The number of fused-ring (bicyclic) bond motifs is 30. The Bertz CT molecular complexity index is 7360. The highest BCUT2D eigenvalue weighted by Gasteiger charge is 2.69. The lowest BCUT2D eigenvalue weighted by Crippen LogP contribution is -2.50. The van der Waals surface area contributed by atoms with Gasteiger partial charge in [-0.05, 0) is 111 Å². The average Bonchev–Trinajstić information content (AvgIpc) is 1.54. The number of thiol groups is 1. The van der Waals surface area contributed by atoms with E-state index in [-0.39, 0.29) is 67.5 Å². The molecule has 792 valence electrons. The van der Waals surface area contributed by atoms with E-state index in [9.17, 15) is 24.1 Å². The second kappa shape index (κ2) is 41.5. The summed E-state index contributed by atoms with van der Waals surface area (Å²) in [6.45, 7) is -21.9. The maximum atomic E-state index is 16.4. The highest BCUT2D eigenvalue weighted by Crippen LogP contribution is 2.64. The van der Waals surface area contributed by atoms with Crippen LogP contribution in [0.4, 0.5) is 39.5 Å². The molecule has 0 saturated carbocycles. The van der Waals surface area contributed by atoms with Gasteiger partial charge in [0.15, 0.2) is 143 Å². The molecular formula is C80H92F5N27O24P6S6. The minimum Gasteiger partial charge on any atom is -0.472 e. The molecule has 28 heterocycles. The Balaban J connectivity index is 0.000000125. The number of nitrogens with zero attached hydrogens (tertiary/aromatic N) is 24. The van der Waals surface area contributed by atoms with Crippen molar-refractivity contribution in [2.45, 2.75) is 212 Å². The van der Waals surface area contributed by atoms with E-state index in [1.807, 2.05) is 30.4 Å². The molecule has 28 rings (SSSR count). The van der Waals surface area contributed by atoms with Gasteiger partial charge in [-0.1, -0.05) is 56.1 Å². The number of rotatable bonds is 0. The standard InChI is InChI=1S/C27H30FN9O9P2S2.C26H29F2N9O8P2S2.C26H29F2N9O7P2S2.CH4/c1-13-27-8-41-48(39,50)45-19-15-7-40-47(38,49)46-21(27)20(42-13)26(44-27)37-11-34-17-14(30-9-32-23(17)37)5-3-2-4-6-29-22-18-24(33-10-31-22)36(12-35-18)25(43-15)16(19)28;1-46(48)40-7-13-20-16(28)24(42-13)36-10-32-17-12(30-9-31-21(17)36)5-3-2-4-6-39-23-18-22(34-26(29)35-23)37(11-33-18)25-15(27)19(44-46)14(43-25)8-41-47(38,49)45-20;27-16-20-14-5-7-45(38,47)43-21-15(8-40-46(39,48)44-20)42-26(17(21)28)36-11-34-18-13(30-9-32-23(18)36)4-2-1-3-6-29-22-19-24(33-10-31-22)37(12-35-19)25(16)41-14;/h2,4,9-13,15-16,19-21,25-26H,3,5-8H2,1H3,(H,38,49)(H,39,50)(H,29,31,33);2,4,9-11,13-16,19-20,24-25H,3,5-8H2,1H3,(H,38,49)(H2,29,34,35);1,3,9-12,14-17,20-21,25-26H,2,4-8H2,(H,38,47)(H,39,48)(H,29,31,33);1H4/b2*4-2+;3-1+;/t13-,15+,16+,19+,20+,21-,25+,26+,27-,47?,48?;13-,14-,15-,16-,19-,20-,24-,25-,46?,47?;14-,15-,16-,17-,20-,21-,25-,26-,45?,46?;/m011./s1. The lowest BCUT2D eigenvalue weighted by atomic mass is 9.94. The van der Waals surface area contributed by atoms with Crippen LogP contribution in [0, 0.1) is 0 Å². The monoisotopic (exact) mass is 2290 g/mol. The van der Waals surface area contributed by atoms with Crippen molar-refractivity contribution in [3.63, 3.8) is 0 Å². The van der Waals surface area contributed by atoms with Gasteiger partial charge in [0.1, 0.15) is 128 Å². The van der Waals surface area contributed by atoms with Crippen molar-refractivity contribution in [1.82, 2.24) is 117 Å². The van der Waals surface area contributed by atoms with Crippen LogP contribution in [0.1, 0.15) is 94.5 Å². The van der Waals surface area contributed by atoms with Crippen LogP contribution in [-0.4, -0.2) is 318 Å².